The number of benzene rings is 16. The van der Waals surface area contributed by atoms with Crippen LogP contribution in [0.3, 0.4) is 0 Å². The van der Waals surface area contributed by atoms with Gasteiger partial charge in [-0.05, 0) is 177 Å². The molecule has 2 spiro atoms. The smallest absolute Gasteiger partial charge is 0.160 e. The molecule has 0 atom stereocenters. The minimum atomic E-state index is -0.615. The number of nitrogens with zero attached hydrogens (tertiary/aromatic N) is 4. The summed E-state index contributed by atoms with van der Waals surface area (Å²) in [6, 6.07) is 147. The number of aromatic nitrogens is 4. The fourth-order valence-corrected chi connectivity index (χ4v) is 20.8. The molecule has 4 aliphatic rings. The highest BCUT2D eigenvalue weighted by atomic mass is 32.2. The fourth-order valence-electron chi connectivity index (χ4n) is 18.4. The van der Waals surface area contributed by atoms with E-state index in [0.29, 0.717) is 11.6 Å². The van der Waals surface area contributed by atoms with Gasteiger partial charge in [-0.15, -0.1) is 0 Å². The van der Waals surface area contributed by atoms with Gasteiger partial charge in [0.25, 0.3) is 0 Å². The van der Waals surface area contributed by atoms with Crippen LogP contribution in [-0.4, -0.2) is 19.9 Å². The average molecular weight is 1460 g/mol. The molecule has 18 aromatic rings. The lowest BCUT2D eigenvalue weighted by Crippen LogP contribution is -2.32. The van der Waals surface area contributed by atoms with E-state index in [4.69, 9.17) is 19.9 Å². The van der Waals surface area contributed by atoms with E-state index in [2.05, 4.69) is 394 Å². The Morgan fingerprint density at radius 2 is 0.455 bits per heavy atom. The van der Waals surface area contributed by atoms with E-state index in [-0.39, 0.29) is 0 Å². The number of fused-ring (bicyclic) bond motifs is 18. The molecule has 2 aliphatic heterocycles. The number of rotatable bonds is 11. The van der Waals surface area contributed by atoms with Crippen LogP contribution in [0.15, 0.2) is 420 Å². The molecule has 0 unspecified atom stereocenters. The first-order valence-corrected chi connectivity index (χ1v) is 39.9. The van der Waals surface area contributed by atoms with E-state index in [1.165, 1.54) is 86.3 Å². The predicted molar refractivity (Wildman–Crippen MR) is 460 cm³/mol. The van der Waals surface area contributed by atoms with Gasteiger partial charge >= 0.3 is 0 Å². The molecule has 0 saturated heterocycles. The van der Waals surface area contributed by atoms with Gasteiger partial charge in [0.05, 0.1) is 33.6 Å². The Labute approximate surface area is 659 Å². The lowest BCUT2D eigenvalue weighted by molar-refractivity contribution is 0.723. The summed E-state index contributed by atoms with van der Waals surface area (Å²) in [6.45, 7) is 0. The third-order valence-corrected chi connectivity index (χ3v) is 25.6. The van der Waals surface area contributed by atoms with Crippen LogP contribution in [0.4, 0.5) is 0 Å². The van der Waals surface area contributed by atoms with Crippen molar-refractivity contribution in [1.82, 2.24) is 19.9 Å². The van der Waals surface area contributed by atoms with Crippen molar-refractivity contribution in [1.29, 1.82) is 0 Å². The summed E-state index contributed by atoms with van der Waals surface area (Å²) in [5, 5.41) is 0. The maximum Gasteiger partial charge on any atom is 0.160 e. The normalized spacial score (nSPS) is 13.2. The van der Waals surface area contributed by atoms with Crippen LogP contribution in [0.1, 0.15) is 44.5 Å². The number of hydrogen-bond donors (Lipinski definition) is 0. The van der Waals surface area contributed by atoms with Gasteiger partial charge in [0.2, 0.25) is 0 Å². The van der Waals surface area contributed by atoms with Crippen LogP contribution in [-0.2, 0) is 10.8 Å². The van der Waals surface area contributed by atoms with Crippen LogP contribution in [0.25, 0.3) is 146 Å². The maximum atomic E-state index is 5.47. The predicted octanol–water partition coefficient (Wildman–Crippen LogP) is 27.3. The van der Waals surface area contributed by atoms with E-state index in [1.54, 1.807) is 0 Å². The first-order chi connectivity index (χ1) is 55.5. The Morgan fingerprint density at radius 3 is 0.920 bits per heavy atom. The average Bonchev–Trinajstić information content (AvgIpc) is 1.50. The molecule has 0 amide bonds. The van der Waals surface area contributed by atoms with Crippen molar-refractivity contribution in [2.24, 2.45) is 0 Å². The SMILES string of the molecule is c1ccc(-c2nc(-c3cccc(-c4ccc(-c5ccc6c(c5)Sc5ccc(-c7ccccc7-c7cc(-c8ccccc8-c8ccccc8)nc(-c8ccccc8)n7)cc5C65c6ccccc6-c6ccccc65)cc4)c3)cc(-c3ccccc3-c3ccc4c(c3)C3(c5ccccc5S4)c4ccccc4-c4ccccc43)n2)cc1. The van der Waals surface area contributed by atoms with Crippen LogP contribution in [0.2, 0.25) is 0 Å². The molecule has 112 heavy (non-hydrogen) atoms. The Hall–Kier alpha value is -13.6. The summed E-state index contributed by atoms with van der Waals surface area (Å²) < 4.78 is 0. The Balaban J connectivity index is 0.613. The molecule has 2 aliphatic carbocycles. The molecule has 522 valence electrons. The number of hydrogen-bond acceptors (Lipinski definition) is 6. The van der Waals surface area contributed by atoms with Gasteiger partial charge in [0, 0.05) is 53.0 Å². The van der Waals surface area contributed by atoms with Gasteiger partial charge in [-0.3, -0.25) is 0 Å². The van der Waals surface area contributed by atoms with Gasteiger partial charge in [-0.2, -0.15) is 0 Å². The van der Waals surface area contributed by atoms with E-state index in [1.807, 2.05) is 29.6 Å². The van der Waals surface area contributed by atoms with Gasteiger partial charge in [-0.25, -0.2) is 19.9 Å². The monoisotopic (exact) mass is 1460 g/mol. The lowest BCUT2D eigenvalue weighted by atomic mass is 9.66. The second kappa shape index (κ2) is 26.6. The van der Waals surface area contributed by atoms with E-state index >= 15 is 0 Å². The second-order valence-electron chi connectivity index (χ2n) is 29.3. The maximum absolute atomic E-state index is 5.47. The van der Waals surface area contributed by atoms with Crippen molar-refractivity contribution in [2.75, 3.05) is 0 Å². The zero-order valence-electron chi connectivity index (χ0n) is 60.7. The van der Waals surface area contributed by atoms with Gasteiger partial charge in [0.1, 0.15) is 0 Å². The summed E-state index contributed by atoms with van der Waals surface area (Å²) >= 11 is 3.75. The molecule has 0 saturated carbocycles. The zero-order valence-corrected chi connectivity index (χ0v) is 62.3. The molecule has 0 radical (unpaired) electrons. The standard InChI is InChI=1S/C106H66N4S2/c1-4-27-69(28-5-1)77-35-10-13-42-84(77)97-66-98(110-104(109-97)71-31-8-3-9-32-71)86-44-15-12-37-79(86)75-57-60-101-94(63-75)106(89-47-22-18-40-82(89)83-41-19-23-48-90(83)106)92-58-55-73(64-102(92)112-101)68-53-51-67(52-54-68)72-33-26-34-76(61-72)95-65-96(108-103(107-95)70-29-6-2-7-30-70)85-43-14-11-36-78(85)74-56-59-100-93(62-74)105(91-49-24-25-50-99(91)111-100)87-45-20-16-38-80(87)81-39-17-21-46-88(81)105/h1-66H. The molecule has 0 fully saturated rings. The highest BCUT2D eigenvalue weighted by Gasteiger charge is 2.52. The Morgan fingerprint density at radius 1 is 0.152 bits per heavy atom. The van der Waals surface area contributed by atoms with E-state index < -0.39 is 10.8 Å². The van der Waals surface area contributed by atoms with E-state index in [9.17, 15) is 0 Å². The van der Waals surface area contributed by atoms with Crippen LogP contribution >= 0.6 is 23.5 Å². The van der Waals surface area contributed by atoms with Crippen molar-refractivity contribution in [3.8, 4) is 146 Å². The third kappa shape index (κ3) is 10.5. The molecule has 0 N–H and O–H groups in total. The third-order valence-electron chi connectivity index (χ3n) is 23.3. The summed E-state index contributed by atoms with van der Waals surface area (Å²) in [5.41, 5.74) is 35.1. The lowest BCUT2D eigenvalue weighted by Gasteiger charge is -2.40. The van der Waals surface area contributed by atoms with Crippen molar-refractivity contribution < 1.29 is 0 Å². The molecule has 4 nitrogen and oxygen atoms in total. The zero-order chi connectivity index (χ0) is 73.9. The molecule has 22 rings (SSSR count). The summed E-state index contributed by atoms with van der Waals surface area (Å²) in [4.78, 5) is 26.7. The van der Waals surface area contributed by atoms with Gasteiger partial charge in [-0.1, -0.05) is 369 Å². The highest BCUT2D eigenvalue weighted by Crippen LogP contribution is 2.65. The van der Waals surface area contributed by atoms with E-state index in [0.717, 1.165) is 112 Å². The van der Waals surface area contributed by atoms with Gasteiger partial charge < -0.3 is 0 Å². The molecule has 4 heterocycles. The first-order valence-electron chi connectivity index (χ1n) is 38.2. The van der Waals surface area contributed by atoms with Crippen molar-refractivity contribution in [3.63, 3.8) is 0 Å². The molecule has 16 aromatic carbocycles. The molecule has 6 heteroatoms. The molecular formula is C106H66N4S2. The van der Waals surface area contributed by atoms with Crippen molar-refractivity contribution >= 4 is 23.5 Å². The fraction of sp³-hybridized carbons (Fsp3) is 0.0189. The Kier molecular flexibility index (Phi) is 15.6. The van der Waals surface area contributed by atoms with Crippen LogP contribution in [0, 0.1) is 0 Å². The van der Waals surface area contributed by atoms with Crippen molar-refractivity contribution in [3.05, 3.63) is 445 Å². The minimum absolute atomic E-state index is 0.498. The summed E-state index contributed by atoms with van der Waals surface area (Å²) in [6.07, 6.45) is 0. The molecule has 0 bridgehead atoms. The molecular weight excluding hydrogens is 1390 g/mol. The summed E-state index contributed by atoms with van der Waals surface area (Å²) in [5.74, 6) is 1.35. The molecule has 2 aromatic heterocycles. The largest absolute Gasteiger partial charge is 0.228 e. The highest BCUT2D eigenvalue weighted by molar-refractivity contribution is 7.99. The first kappa shape index (κ1) is 65.5. The van der Waals surface area contributed by atoms with Crippen LogP contribution < -0.4 is 0 Å². The summed E-state index contributed by atoms with van der Waals surface area (Å²) in [7, 11) is 0. The second-order valence-corrected chi connectivity index (χ2v) is 31.5. The van der Waals surface area contributed by atoms with Gasteiger partial charge in [0.15, 0.2) is 11.6 Å². The quantitative estimate of drug-likeness (QED) is 0.129. The Bertz CT molecular complexity index is 6740. The minimum Gasteiger partial charge on any atom is -0.228 e. The van der Waals surface area contributed by atoms with Crippen molar-refractivity contribution in [2.45, 2.75) is 30.4 Å². The van der Waals surface area contributed by atoms with Crippen LogP contribution in [0.5, 0.6) is 0 Å². The topological polar surface area (TPSA) is 51.6 Å².